The topological polar surface area (TPSA) is 50.1 Å². The van der Waals surface area contributed by atoms with Gasteiger partial charge in [-0.3, -0.25) is 14.8 Å². The van der Waals surface area contributed by atoms with Crippen LogP contribution >= 0.6 is 0 Å². The van der Waals surface area contributed by atoms with Gasteiger partial charge in [-0.15, -0.1) is 10.2 Å². The highest BCUT2D eigenvalue weighted by atomic mass is 15.3. The first-order valence-electron chi connectivity index (χ1n) is 9.14. The number of fused-ring (bicyclic) bond motifs is 1. The molecule has 2 aromatic heterocycles. The fourth-order valence-electron chi connectivity index (χ4n) is 3.69. The Morgan fingerprint density at radius 3 is 2.46 bits per heavy atom. The molecular weight excluding hydrogens is 300 g/mol. The van der Waals surface area contributed by atoms with Gasteiger partial charge in [0, 0.05) is 51.9 Å². The van der Waals surface area contributed by atoms with Gasteiger partial charge in [0.15, 0.2) is 0 Å². The highest BCUT2D eigenvalue weighted by Crippen LogP contribution is 2.16. The lowest BCUT2D eigenvalue weighted by Crippen LogP contribution is -2.45. The van der Waals surface area contributed by atoms with Gasteiger partial charge in [-0.25, -0.2) is 0 Å². The maximum absolute atomic E-state index is 4.47. The molecule has 0 aliphatic carbocycles. The van der Waals surface area contributed by atoms with Crippen LogP contribution in [0.15, 0.2) is 24.4 Å². The molecule has 24 heavy (non-hydrogen) atoms. The Morgan fingerprint density at radius 1 is 0.833 bits per heavy atom. The van der Waals surface area contributed by atoms with Gasteiger partial charge in [0.25, 0.3) is 0 Å². The number of pyridine rings is 1. The third-order valence-electron chi connectivity index (χ3n) is 5.13. The zero-order chi connectivity index (χ0) is 16.2. The first-order valence-corrected chi connectivity index (χ1v) is 9.14. The molecule has 0 bridgehead atoms. The molecule has 6 heteroatoms. The first kappa shape index (κ1) is 15.7. The Morgan fingerprint density at radius 2 is 1.67 bits per heavy atom. The number of aromatic nitrogens is 4. The van der Waals surface area contributed by atoms with E-state index in [9.17, 15) is 0 Å². The zero-order valence-electron chi connectivity index (χ0n) is 14.3. The van der Waals surface area contributed by atoms with E-state index in [-0.39, 0.29) is 0 Å². The van der Waals surface area contributed by atoms with Crippen molar-refractivity contribution in [2.45, 2.75) is 45.3 Å². The Balaban J connectivity index is 1.31. The van der Waals surface area contributed by atoms with E-state index in [0.29, 0.717) is 0 Å². The zero-order valence-corrected chi connectivity index (χ0v) is 14.3. The predicted molar refractivity (Wildman–Crippen MR) is 92.4 cm³/mol. The lowest BCUT2D eigenvalue weighted by Gasteiger charge is -2.34. The summed E-state index contributed by atoms with van der Waals surface area (Å²) in [6.07, 6.45) is 6.79. The fourth-order valence-corrected chi connectivity index (χ4v) is 3.69. The van der Waals surface area contributed by atoms with Gasteiger partial charge in [0.2, 0.25) is 0 Å². The molecule has 0 atom stereocenters. The predicted octanol–water partition coefficient (Wildman–Crippen LogP) is 1.72. The molecule has 0 saturated carbocycles. The molecular formula is C18H26N6. The van der Waals surface area contributed by atoms with Crippen molar-refractivity contribution >= 4 is 0 Å². The van der Waals surface area contributed by atoms with Gasteiger partial charge in [-0.05, 0) is 25.0 Å². The number of hydrogen-bond acceptors (Lipinski definition) is 5. The summed E-state index contributed by atoms with van der Waals surface area (Å²) in [5.74, 6) is 2.35. The highest BCUT2D eigenvalue weighted by molar-refractivity contribution is 5.03. The molecule has 2 aliphatic heterocycles. The van der Waals surface area contributed by atoms with Crippen molar-refractivity contribution in [1.29, 1.82) is 0 Å². The van der Waals surface area contributed by atoms with Gasteiger partial charge < -0.3 is 4.57 Å². The second-order valence-corrected chi connectivity index (χ2v) is 6.87. The average Bonchev–Trinajstić information content (AvgIpc) is 2.84. The quantitative estimate of drug-likeness (QED) is 0.856. The molecule has 1 fully saturated rings. The van der Waals surface area contributed by atoms with E-state index in [2.05, 4.69) is 41.7 Å². The molecule has 2 aromatic rings. The van der Waals surface area contributed by atoms with Crippen LogP contribution in [0.2, 0.25) is 0 Å². The van der Waals surface area contributed by atoms with E-state index in [1.807, 2.05) is 12.3 Å². The standard InChI is InChI=1S/C18H26N6/c1-2-7-17-20-21-18(24(17)9-5-1)15-23-12-10-22(11-13-23)14-16-6-3-4-8-19-16/h3-4,6,8H,1-2,5,7,9-15H2. The Kier molecular flexibility index (Phi) is 4.85. The number of hydrogen-bond donors (Lipinski definition) is 0. The SMILES string of the molecule is c1ccc(CN2CCN(Cc3nnc4n3CCCCC4)CC2)nc1. The van der Waals surface area contributed by atoms with Gasteiger partial charge in [0.1, 0.15) is 11.6 Å². The van der Waals surface area contributed by atoms with E-state index in [0.717, 1.165) is 63.8 Å². The van der Waals surface area contributed by atoms with Crippen LogP contribution in [0.25, 0.3) is 0 Å². The van der Waals surface area contributed by atoms with E-state index < -0.39 is 0 Å². The Hall–Kier alpha value is -1.79. The fraction of sp³-hybridized carbons (Fsp3) is 0.611. The highest BCUT2D eigenvalue weighted by Gasteiger charge is 2.21. The molecule has 0 aromatic carbocycles. The largest absolute Gasteiger partial charge is 0.314 e. The van der Waals surface area contributed by atoms with E-state index >= 15 is 0 Å². The van der Waals surface area contributed by atoms with Crippen LogP contribution in [0.4, 0.5) is 0 Å². The second-order valence-electron chi connectivity index (χ2n) is 6.87. The minimum absolute atomic E-state index is 0.935. The molecule has 4 heterocycles. The summed E-state index contributed by atoms with van der Waals surface area (Å²) in [6, 6.07) is 6.15. The number of rotatable bonds is 4. The van der Waals surface area contributed by atoms with Crippen LogP contribution in [0.5, 0.6) is 0 Å². The third-order valence-corrected chi connectivity index (χ3v) is 5.13. The smallest absolute Gasteiger partial charge is 0.147 e. The van der Waals surface area contributed by atoms with Gasteiger partial charge in [0.05, 0.1) is 12.2 Å². The monoisotopic (exact) mass is 326 g/mol. The number of piperazine rings is 1. The van der Waals surface area contributed by atoms with E-state index in [1.165, 1.54) is 25.1 Å². The van der Waals surface area contributed by atoms with Crippen LogP contribution in [0, 0.1) is 0 Å². The summed E-state index contributed by atoms with van der Waals surface area (Å²) < 4.78 is 2.37. The van der Waals surface area contributed by atoms with Crippen molar-refractivity contribution in [3.63, 3.8) is 0 Å². The lowest BCUT2D eigenvalue weighted by molar-refractivity contribution is 0.117. The van der Waals surface area contributed by atoms with Crippen molar-refractivity contribution in [2.75, 3.05) is 26.2 Å². The molecule has 0 N–H and O–H groups in total. The summed E-state index contributed by atoms with van der Waals surface area (Å²) in [4.78, 5) is 9.43. The molecule has 128 valence electrons. The van der Waals surface area contributed by atoms with Gasteiger partial charge in [-0.2, -0.15) is 0 Å². The molecule has 1 saturated heterocycles. The summed E-state index contributed by atoms with van der Waals surface area (Å²) >= 11 is 0. The lowest BCUT2D eigenvalue weighted by atomic mass is 10.2. The molecule has 6 nitrogen and oxygen atoms in total. The maximum Gasteiger partial charge on any atom is 0.147 e. The molecule has 0 amide bonds. The minimum Gasteiger partial charge on any atom is -0.314 e. The molecule has 2 aliphatic rings. The van der Waals surface area contributed by atoms with Crippen LogP contribution in [0.3, 0.4) is 0 Å². The normalized spacial score (nSPS) is 19.8. The van der Waals surface area contributed by atoms with Crippen LogP contribution < -0.4 is 0 Å². The second kappa shape index (κ2) is 7.40. The summed E-state index contributed by atoms with van der Waals surface area (Å²) in [7, 11) is 0. The van der Waals surface area contributed by atoms with Crippen molar-refractivity contribution in [1.82, 2.24) is 29.5 Å². The number of aryl methyl sites for hydroxylation is 1. The number of nitrogens with zero attached hydrogens (tertiary/aromatic N) is 6. The molecule has 0 radical (unpaired) electrons. The van der Waals surface area contributed by atoms with Crippen molar-refractivity contribution in [2.24, 2.45) is 0 Å². The first-order chi connectivity index (χ1) is 11.9. The van der Waals surface area contributed by atoms with Gasteiger partial charge in [-0.1, -0.05) is 12.5 Å². The molecule has 0 spiro atoms. The van der Waals surface area contributed by atoms with Gasteiger partial charge >= 0.3 is 0 Å². The Bertz CT molecular complexity index is 645. The third kappa shape index (κ3) is 3.65. The van der Waals surface area contributed by atoms with Crippen LogP contribution in [-0.2, 0) is 26.1 Å². The van der Waals surface area contributed by atoms with Crippen LogP contribution in [-0.4, -0.2) is 55.7 Å². The summed E-state index contributed by atoms with van der Waals surface area (Å²) in [5, 5.41) is 8.89. The minimum atomic E-state index is 0.935. The maximum atomic E-state index is 4.47. The van der Waals surface area contributed by atoms with E-state index in [1.54, 1.807) is 0 Å². The van der Waals surface area contributed by atoms with Crippen molar-refractivity contribution in [3.05, 3.63) is 41.7 Å². The molecule has 0 unspecified atom stereocenters. The van der Waals surface area contributed by atoms with Crippen molar-refractivity contribution in [3.8, 4) is 0 Å². The van der Waals surface area contributed by atoms with Crippen molar-refractivity contribution < 1.29 is 0 Å². The average molecular weight is 326 g/mol. The summed E-state index contributed by atoms with van der Waals surface area (Å²) in [6.45, 7) is 7.36. The van der Waals surface area contributed by atoms with E-state index in [4.69, 9.17) is 0 Å². The molecule has 4 rings (SSSR count). The van der Waals surface area contributed by atoms with Crippen LogP contribution in [0.1, 0.15) is 36.6 Å². The Labute approximate surface area is 143 Å². The summed E-state index contributed by atoms with van der Waals surface area (Å²) in [5.41, 5.74) is 1.16.